The van der Waals surface area contributed by atoms with Gasteiger partial charge in [-0.3, -0.25) is 5.32 Å². The summed E-state index contributed by atoms with van der Waals surface area (Å²) in [7, 11) is 0. The van der Waals surface area contributed by atoms with Crippen LogP contribution >= 0.6 is 23.2 Å². The molecule has 0 atom stereocenters. The Labute approximate surface area is 126 Å². The van der Waals surface area contributed by atoms with Crippen LogP contribution in [0.1, 0.15) is 36.7 Å². The van der Waals surface area contributed by atoms with Crippen LogP contribution in [0.4, 0.5) is 10.5 Å². The van der Waals surface area contributed by atoms with Crippen LogP contribution in [0.3, 0.4) is 0 Å². The molecule has 0 unspecified atom stereocenters. The smallest absolute Gasteiger partial charge is 0.412 e. The van der Waals surface area contributed by atoms with Crippen LogP contribution in [0, 0.1) is 6.92 Å². The minimum absolute atomic E-state index is 0.00708. The van der Waals surface area contributed by atoms with Gasteiger partial charge in [0.15, 0.2) is 0 Å². The number of aromatic carboxylic acids is 1. The van der Waals surface area contributed by atoms with Crippen LogP contribution in [0.15, 0.2) is 6.07 Å². The summed E-state index contributed by atoms with van der Waals surface area (Å²) >= 11 is 11.9. The van der Waals surface area contributed by atoms with E-state index >= 15 is 0 Å². The number of ether oxygens (including phenoxy) is 1. The predicted molar refractivity (Wildman–Crippen MR) is 78.0 cm³/mol. The van der Waals surface area contributed by atoms with E-state index in [1.807, 2.05) is 0 Å². The molecule has 1 aromatic rings. The van der Waals surface area contributed by atoms with Crippen LogP contribution in [0.25, 0.3) is 0 Å². The quantitative estimate of drug-likeness (QED) is 0.849. The van der Waals surface area contributed by atoms with E-state index in [2.05, 4.69) is 5.32 Å². The lowest BCUT2D eigenvalue weighted by atomic mass is 10.1. The Morgan fingerprint density at radius 3 is 2.30 bits per heavy atom. The van der Waals surface area contributed by atoms with Gasteiger partial charge in [0.25, 0.3) is 0 Å². The first-order chi connectivity index (χ1) is 9.03. The molecule has 0 saturated carbocycles. The molecule has 1 aromatic carbocycles. The minimum atomic E-state index is -1.26. The summed E-state index contributed by atoms with van der Waals surface area (Å²) < 4.78 is 5.06. The van der Waals surface area contributed by atoms with Crippen molar-refractivity contribution in [2.75, 3.05) is 5.32 Å². The third-order valence-corrected chi connectivity index (χ3v) is 3.16. The number of rotatable bonds is 2. The van der Waals surface area contributed by atoms with Gasteiger partial charge in [0, 0.05) is 5.02 Å². The van der Waals surface area contributed by atoms with E-state index in [9.17, 15) is 14.7 Å². The van der Waals surface area contributed by atoms with E-state index in [1.54, 1.807) is 27.7 Å². The number of benzene rings is 1. The van der Waals surface area contributed by atoms with Gasteiger partial charge in [0.2, 0.25) is 0 Å². The molecule has 0 radical (unpaired) electrons. The zero-order valence-corrected chi connectivity index (χ0v) is 13.0. The molecule has 0 saturated heterocycles. The van der Waals surface area contributed by atoms with Gasteiger partial charge < -0.3 is 9.84 Å². The second kappa shape index (κ2) is 5.89. The number of halogens is 2. The number of hydrogen-bond donors (Lipinski definition) is 2. The molecule has 0 heterocycles. The van der Waals surface area contributed by atoms with Gasteiger partial charge in [0.1, 0.15) is 11.2 Å². The van der Waals surface area contributed by atoms with Crippen molar-refractivity contribution in [3.63, 3.8) is 0 Å². The average Bonchev–Trinajstić information content (AvgIpc) is 2.22. The Hall–Kier alpha value is -1.46. The molecule has 20 heavy (non-hydrogen) atoms. The second-order valence-corrected chi connectivity index (χ2v) is 5.94. The van der Waals surface area contributed by atoms with Gasteiger partial charge in [0.05, 0.1) is 10.7 Å². The first-order valence-electron chi connectivity index (χ1n) is 5.75. The molecule has 0 bridgehead atoms. The summed E-state index contributed by atoms with van der Waals surface area (Å²) in [6.07, 6.45) is -0.781. The maximum atomic E-state index is 11.7. The van der Waals surface area contributed by atoms with Crippen molar-refractivity contribution in [3.8, 4) is 0 Å². The van der Waals surface area contributed by atoms with Crippen LogP contribution in [-0.4, -0.2) is 22.8 Å². The van der Waals surface area contributed by atoms with Crippen LogP contribution in [-0.2, 0) is 4.74 Å². The summed E-state index contributed by atoms with van der Waals surface area (Å²) in [6, 6.07) is 1.33. The van der Waals surface area contributed by atoms with Crippen LogP contribution in [0.2, 0.25) is 10.0 Å². The standard InChI is InChI=1S/C13H15Cl2NO4/c1-6-7(14)5-8(9(10(6)15)11(17)18)16-12(19)20-13(2,3)4/h5H,1-4H3,(H,16,19)(H,17,18). The highest BCUT2D eigenvalue weighted by atomic mass is 35.5. The van der Waals surface area contributed by atoms with Gasteiger partial charge in [-0.05, 0) is 39.3 Å². The Balaban J connectivity index is 3.18. The summed E-state index contributed by atoms with van der Waals surface area (Å²) in [5, 5.41) is 11.8. The fourth-order valence-electron chi connectivity index (χ4n) is 1.44. The van der Waals surface area contributed by atoms with Gasteiger partial charge in [-0.1, -0.05) is 23.2 Å². The monoisotopic (exact) mass is 319 g/mol. The maximum absolute atomic E-state index is 11.7. The first-order valence-corrected chi connectivity index (χ1v) is 6.50. The van der Waals surface area contributed by atoms with Gasteiger partial charge in [-0.25, -0.2) is 9.59 Å². The van der Waals surface area contributed by atoms with Crippen molar-refractivity contribution < 1.29 is 19.4 Å². The Bertz CT molecular complexity index is 564. The van der Waals surface area contributed by atoms with E-state index in [0.717, 1.165) is 0 Å². The van der Waals surface area contributed by atoms with Gasteiger partial charge in [-0.15, -0.1) is 0 Å². The van der Waals surface area contributed by atoms with E-state index < -0.39 is 17.7 Å². The molecule has 110 valence electrons. The SMILES string of the molecule is Cc1c(Cl)cc(NC(=O)OC(C)(C)C)c(C(=O)O)c1Cl. The number of nitrogens with one attached hydrogen (secondary N) is 1. The Morgan fingerprint density at radius 1 is 1.30 bits per heavy atom. The zero-order valence-electron chi connectivity index (χ0n) is 11.5. The summed E-state index contributed by atoms with van der Waals surface area (Å²) in [6.45, 7) is 6.67. The van der Waals surface area contributed by atoms with E-state index in [4.69, 9.17) is 27.9 Å². The third-order valence-electron chi connectivity index (χ3n) is 2.30. The van der Waals surface area contributed by atoms with Crippen molar-refractivity contribution in [2.24, 2.45) is 0 Å². The minimum Gasteiger partial charge on any atom is -0.478 e. The molecule has 2 N–H and O–H groups in total. The lowest BCUT2D eigenvalue weighted by Crippen LogP contribution is -2.27. The highest BCUT2D eigenvalue weighted by Gasteiger charge is 2.22. The number of hydrogen-bond acceptors (Lipinski definition) is 3. The molecule has 0 fully saturated rings. The highest BCUT2D eigenvalue weighted by molar-refractivity contribution is 6.38. The number of carboxylic acid groups (broad SMARTS) is 1. The molecule has 0 aliphatic heterocycles. The number of carbonyl (C=O) groups excluding carboxylic acids is 1. The third kappa shape index (κ3) is 4.02. The number of anilines is 1. The number of amides is 1. The lowest BCUT2D eigenvalue weighted by molar-refractivity contribution is 0.0636. The number of carboxylic acids is 1. The number of carbonyl (C=O) groups is 2. The van der Waals surface area contributed by atoms with Crippen LogP contribution < -0.4 is 5.32 Å². The zero-order chi connectivity index (χ0) is 15.7. The van der Waals surface area contributed by atoms with E-state index in [1.165, 1.54) is 6.07 Å². The Kier molecular flexibility index (Phi) is 4.89. The molecule has 0 aliphatic rings. The maximum Gasteiger partial charge on any atom is 0.412 e. The molecule has 1 amide bonds. The average molecular weight is 320 g/mol. The van der Waals surface area contributed by atoms with Crippen molar-refractivity contribution in [1.29, 1.82) is 0 Å². The lowest BCUT2D eigenvalue weighted by Gasteiger charge is -2.20. The molecule has 1 rings (SSSR count). The van der Waals surface area contributed by atoms with E-state index in [-0.39, 0.29) is 21.3 Å². The highest BCUT2D eigenvalue weighted by Crippen LogP contribution is 2.33. The molecule has 0 aromatic heterocycles. The normalized spacial score (nSPS) is 11.1. The first kappa shape index (κ1) is 16.6. The van der Waals surface area contributed by atoms with Crippen molar-refractivity contribution in [2.45, 2.75) is 33.3 Å². The summed E-state index contributed by atoms with van der Waals surface area (Å²) in [5.74, 6) is -1.26. The molecule has 0 spiro atoms. The largest absolute Gasteiger partial charge is 0.478 e. The summed E-state index contributed by atoms with van der Waals surface area (Å²) in [5.41, 5.74) is -0.501. The van der Waals surface area contributed by atoms with Crippen molar-refractivity contribution in [3.05, 3.63) is 27.2 Å². The van der Waals surface area contributed by atoms with Gasteiger partial charge >= 0.3 is 12.1 Å². The molecule has 5 nitrogen and oxygen atoms in total. The molecular weight excluding hydrogens is 305 g/mol. The fourth-order valence-corrected chi connectivity index (χ4v) is 1.98. The summed E-state index contributed by atoms with van der Waals surface area (Å²) in [4.78, 5) is 23.0. The molecule has 0 aliphatic carbocycles. The second-order valence-electron chi connectivity index (χ2n) is 5.15. The van der Waals surface area contributed by atoms with Crippen LogP contribution in [0.5, 0.6) is 0 Å². The van der Waals surface area contributed by atoms with Crippen molar-refractivity contribution in [1.82, 2.24) is 0 Å². The fraction of sp³-hybridized carbons (Fsp3) is 0.385. The predicted octanol–water partition coefficient (Wildman–Crippen LogP) is 4.35. The van der Waals surface area contributed by atoms with Crippen molar-refractivity contribution >= 4 is 41.0 Å². The topological polar surface area (TPSA) is 75.6 Å². The van der Waals surface area contributed by atoms with E-state index in [0.29, 0.717) is 5.56 Å². The molecule has 7 heteroatoms. The van der Waals surface area contributed by atoms with Gasteiger partial charge in [-0.2, -0.15) is 0 Å². The Morgan fingerprint density at radius 2 is 1.85 bits per heavy atom. The molecular formula is C13H15Cl2NO4.